The Hall–Kier alpha value is -4.22. The van der Waals surface area contributed by atoms with Gasteiger partial charge in [-0.3, -0.25) is 33.6 Å². The maximum absolute atomic E-state index is 12.2. The molecule has 0 rings (SSSR count). The first-order chi connectivity index (χ1) is 42.0. The number of hydrogen-bond acceptors (Lipinski definition) is 22. The summed E-state index contributed by atoms with van der Waals surface area (Å²) >= 11 is 19.2. The van der Waals surface area contributed by atoms with Gasteiger partial charge in [0.25, 0.3) is 0 Å². The van der Waals surface area contributed by atoms with Gasteiger partial charge in [0.15, 0.2) is 0 Å². The van der Waals surface area contributed by atoms with Crippen LogP contribution in [0.2, 0.25) is 0 Å². The number of thioether (sulfide) groups is 3. The second kappa shape index (κ2) is 66.7. The van der Waals surface area contributed by atoms with E-state index >= 15 is 0 Å². The minimum absolute atomic E-state index is 0.174. The Labute approximate surface area is 566 Å². The maximum Gasteiger partial charge on any atom is 0.330 e. The van der Waals surface area contributed by atoms with Crippen molar-refractivity contribution in [2.45, 2.75) is 211 Å². The van der Waals surface area contributed by atoms with Crippen molar-refractivity contribution in [3.8, 4) is 0 Å². The van der Waals surface area contributed by atoms with Crippen LogP contribution in [0.15, 0.2) is 62.8 Å². The fraction of sp³-hybridized carbons (Fsp3) is 0.687. The van der Waals surface area contributed by atoms with Gasteiger partial charge in [-0.1, -0.05) is 153 Å². The first-order valence-electron chi connectivity index (χ1n) is 31.0. The van der Waals surface area contributed by atoms with E-state index in [9.17, 15) is 38.4 Å². The first-order valence-corrected chi connectivity index (χ1v) is 34.9. The third-order valence-electron chi connectivity index (χ3n) is 11.8. The summed E-state index contributed by atoms with van der Waals surface area (Å²) in [6, 6.07) is 0. The van der Waals surface area contributed by atoms with E-state index in [0.717, 1.165) is 52.5 Å². The number of rotatable bonds is 39. The average Bonchev–Trinajstić information content (AvgIpc) is 3.70. The van der Waals surface area contributed by atoms with Crippen LogP contribution in [0.4, 0.5) is 0 Å². The summed E-state index contributed by atoms with van der Waals surface area (Å²) < 4.78 is 41.8. The number of thiocarbonyl (C=S) groups is 3. The lowest BCUT2D eigenvalue weighted by Gasteiger charge is -2.19. The van der Waals surface area contributed by atoms with Gasteiger partial charge in [-0.2, -0.15) is 0 Å². The van der Waals surface area contributed by atoms with Crippen LogP contribution in [-0.2, 0) is 76.3 Å². The number of carbonyl (C=O) groups excluding carboxylic acids is 8. The zero-order valence-electron chi connectivity index (χ0n) is 57.1. The normalized spacial score (nSPS) is 13.1. The van der Waals surface area contributed by atoms with Crippen LogP contribution in [0.1, 0.15) is 195 Å². The smallest absolute Gasteiger partial charge is 0.330 e. The maximum atomic E-state index is 12.2. The molecule has 0 spiro atoms. The Bertz CT molecular complexity index is 2040. The molecule has 0 saturated heterocycles. The molecule has 0 fully saturated rings. The monoisotopic (exact) mass is 1370 g/mol. The van der Waals surface area contributed by atoms with Crippen molar-refractivity contribution in [3.05, 3.63) is 62.8 Å². The molecular weight excluding hydrogens is 1250 g/mol. The second-order valence-electron chi connectivity index (χ2n) is 19.7. The largest absolute Gasteiger partial charge is 0.466 e. The van der Waals surface area contributed by atoms with Crippen LogP contribution in [0.5, 0.6) is 0 Å². The molecule has 514 valence electrons. The van der Waals surface area contributed by atoms with Gasteiger partial charge in [0.2, 0.25) is 0 Å². The van der Waals surface area contributed by atoms with Gasteiger partial charge in [-0.15, -0.1) is 41.9 Å². The Kier molecular flexibility index (Phi) is 71.9. The number of esters is 8. The van der Waals surface area contributed by atoms with Crippen LogP contribution in [0.3, 0.4) is 0 Å². The van der Waals surface area contributed by atoms with Crippen molar-refractivity contribution < 1.29 is 76.3 Å². The highest BCUT2D eigenvalue weighted by Crippen LogP contribution is 2.26. The van der Waals surface area contributed by atoms with Gasteiger partial charge in [-0.25, -0.2) is 4.79 Å². The predicted molar refractivity (Wildman–Crippen MR) is 382 cm³/mol. The molecule has 16 nitrogen and oxygen atoms in total. The molecule has 0 amide bonds. The van der Waals surface area contributed by atoms with E-state index < -0.39 is 5.25 Å². The second-order valence-corrected chi connectivity index (χ2v) is 26.7. The number of carbonyl (C=O) groups is 8. The number of ether oxygens (including phenoxy) is 8. The third kappa shape index (κ3) is 62.4. The molecule has 0 aromatic rings. The van der Waals surface area contributed by atoms with Crippen molar-refractivity contribution >= 4 is 132 Å². The summed E-state index contributed by atoms with van der Waals surface area (Å²) in [5.74, 6) is -2.80. The molecule has 0 heterocycles. The van der Waals surface area contributed by atoms with E-state index in [1.807, 2.05) is 32.9 Å². The Balaban J connectivity index is -0.000000250. The van der Waals surface area contributed by atoms with Crippen molar-refractivity contribution in [2.24, 2.45) is 35.5 Å². The summed E-state index contributed by atoms with van der Waals surface area (Å²) in [6.07, 6.45) is 20.7. The summed E-state index contributed by atoms with van der Waals surface area (Å²) in [6.45, 7) is 48.0. The standard InChI is InChI=1S/C20H32O4S2.C19H36O4.C12H20O4S2.C7H12O2S2.C5H8O2.C4H6/c1-6-18(26-16(5)25)13-11-9-10-12-17(20(22)24-8-3)14-15(4)19(21)23-7-2;1-6-15(4)12-10-9-11-13-17(19(21)23-8-3)14-16(5)18(20)22-7-2;1-5-15-11(13)8(3)7-10(18-9(4)17)12(14)16-6-2;1-4-9-7(8)5(2)11-6(3)10;1-3-5(6)7-4-2;1-3-4-2/h6,9-10,15,17-18H,1,7-8,11-14H2,2-5H3;15-17H,6-14H2,1-5H3;8,10H,5-7H2,1-4H3;5H,4H2,1-3H3;3H,1,4H2,2H3;3-4H,1-2H2/b10-9+;;;;;. The van der Waals surface area contributed by atoms with E-state index in [-0.39, 0.29) is 82.6 Å². The zero-order chi connectivity index (χ0) is 69.7. The molecule has 0 radical (unpaired) electrons. The minimum Gasteiger partial charge on any atom is -0.466 e. The van der Waals surface area contributed by atoms with Crippen LogP contribution in [0.25, 0.3) is 0 Å². The molecule has 89 heavy (non-hydrogen) atoms. The predicted octanol–water partition coefficient (Wildman–Crippen LogP) is 16.6. The molecule has 0 aliphatic carbocycles. The molecule has 0 aliphatic heterocycles. The topological polar surface area (TPSA) is 210 Å². The molecule has 0 bridgehead atoms. The lowest BCUT2D eigenvalue weighted by Crippen LogP contribution is -2.27. The number of unbranched alkanes of at least 4 members (excludes halogenated alkanes) is 2. The minimum atomic E-state index is -0.443. The SMILES string of the molecule is C=CC(=O)OCC.C=CC(CC/C=C/CC(CC(C)C(=O)OCC)C(=O)OCC)SC(C)=S.C=CC=C.CCOC(=O)C(C)CC(CCCCCC(C)CC)C(=O)OCC.CCOC(=O)C(C)CC(SC(C)=S)C(=O)OCC.CCOC(=O)C(C)SC(C)=S. The van der Waals surface area contributed by atoms with Gasteiger partial charge < -0.3 is 37.9 Å². The lowest BCUT2D eigenvalue weighted by molar-refractivity contribution is -0.153. The fourth-order valence-corrected chi connectivity index (χ4v) is 10.7. The quantitative estimate of drug-likeness (QED) is 0.0106. The van der Waals surface area contributed by atoms with Crippen molar-refractivity contribution in [2.75, 3.05) is 52.9 Å². The molecule has 22 heteroatoms. The third-order valence-corrected chi connectivity index (χ3v) is 15.6. The summed E-state index contributed by atoms with van der Waals surface area (Å²) in [4.78, 5) is 92.2. The van der Waals surface area contributed by atoms with E-state index in [1.54, 1.807) is 107 Å². The summed E-state index contributed by atoms with van der Waals surface area (Å²) in [5.41, 5.74) is 0. The van der Waals surface area contributed by atoms with E-state index in [2.05, 4.69) is 51.0 Å². The molecular formula is C67H114O16S6. The van der Waals surface area contributed by atoms with Gasteiger partial charge in [0, 0.05) is 23.9 Å². The van der Waals surface area contributed by atoms with E-state index in [4.69, 9.17) is 69.8 Å². The number of hydrogen-bond donors (Lipinski definition) is 0. The molecule has 0 aliphatic rings. The summed E-state index contributed by atoms with van der Waals surface area (Å²) in [7, 11) is 0. The van der Waals surface area contributed by atoms with Crippen LogP contribution in [-0.4, -0.2) is 129 Å². The molecule has 0 N–H and O–H groups in total. The highest BCUT2D eigenvalue weighted by Gasteiger charge is 2.29. The van der Waals surface area contributed by atoms with Crippen LogP contribution in [0, 0.1) is 35.5 Å². The Morgan fingerprint density at radius 2 is 0.809 bits per heavy atom. The van der Waals surface area contributed by atoms with Gasteiger partial charge in [0.1, 0.15) is 10.5 Å². The zero-order valence-corrected chi connectivity index (χ0v) is 62.0. The number of allylic oxidation sites excluding steroid dienone is 4. The van der Waals surface area contributed by atoms with Crippen LogP contribution < -0.4 is 0 Å². The lowest BCUT2D eigenvalue weighted by atomic mass is 9.90. The summed E-state index contributed by atoms with van der Waals surface area (Å²) in [5, 5.41) is -0.309. The van der Waals surface area contributed by atoms with Gasteiger partial charge >= 0.3 is 47.8 Å². The Morgan fingerprint density at radius 1 is 0.427 bits per heavy atom. The molecule has 0 saturated carbocycles. The molecule has 0 aromatic heterocycles. The van der Waals surface area contributed by atoms with E-state index in [0.29, 0.717) is 88.0 Å². The highest BCUT2D eigenvalue weighted by molar-refractivity contribution is 8.24. The first kappa shape index (κ1) is 95.9. The van der Waals surface area contributed by atoms with Crippen molar-refractivity contribution in [1.82, 2.24) is 0 Å². The fourth-order valence-electron chi connectivity index (χ4n) is 7.18. The Morgan fingerprint density at radius 3 is 1.19 bits per heavy atom. The van der Waals surface area contributed by atoms with Crippen molar-refractivity contribution in [3.63, 3.8) is 0 Å². The van der Waals surface area contributed by atoms with E-state index in [1.165, 1.54) is 42.8 Å². The average molecular weight is 1370 g/mol. The highest BCUT2D eigenvalue weighted by atomic mass is 32.2. The van der Waals surface area contributed by atoms with Gasteiger partial charge in [-0.05, 0) is 134 Å². The van der Waals surface area contributed by atoms with Gasteiger partial charge in [0.05, 0.1) is 82.4 Å². The van der Waals surface area contributed by atoms with Crippen molar-refractivity contribution in [1.29, 1.82) is 0 Å². The van der Waals surface area contributed by atoms with Crippen LogP contribution >= 0.6 is 71.9 Å². The molecule has 9 unspecified atom stereocenters. The molecule has 0 aromatic carbocycles. The molecule has 9 atom stereocenters.